The fourth-order valence-electron chi connectivity index (χ4n) is 3.72. The van der Waals surface area contributed by atoms with Crippen LogP contribution in [0.25, 0.3) is 11.1 Å². The molecule has 1 fully saturated rings. The van der Waals surface area contributed by atoms with Gasteiger partial charge < -0.3 is 25.5 Å². The van der Waals surface area contributed by atoms with Crippen LogP contribution in [-0.2, 0) is 16.1 Å². The topological polar surface area (TPSA) is 112 Å². The highest BCUT2D eigenvalue weighted by molar-refractivity contribution is 5.91. The Morgan fingerprint density at radius 2 is 1.88 bits per heavy atom. The van der Waals surface area contributed by atoms with Gasteiger partial charge in [-0.2, -0.15) is 0 Å². The van der Waals surface area contributed by atoms with Crippen molar-refractivity contribution in [2.24, 2.45) is 5.73 Å². The highest BCUT2D eigenvalue weighted by Gasteiger charge is 2.21. The molecule has 2 aromatic rings. The molecule has 0 spiro atoms. The van der Waals surface area contributed by atoms with Gasteiger partial charge in [0.25, 0.3) is 0 Å². The predicted octanol–water partition coefficient (Wildman–Crippen LogP) is 4.08. The zero-order chi connectivity index (χ0) is 23.5. The number of carbonyl (C=O) groups excluding carboxylic acids is 1. The maximum Gasteiger partial charge on any atom is 0.337 e. The third kappa shape index (κ3) is 6.73. The lowest BCUT2D eigenvalue weighted by Crippen LogP contribution is -2.40. The van der Waals surface area contributed by atoms with E-state index < -0.39 is 0 Å². The second-order valence-corrected chi connectivity index (χ2v) is 7.48. The van der Waals surface area contributed by atoms with Crippen LogP contribution in [0.2, 0.25) is 0 Å². The lowest BCUT2D eigenvalue weighted by molar-refractivity contribution is 0.00803. The molecule has 7 nitrogen and oxygen atoms in total. The molecule has 0 radical (unpaired) electrons. The summed E-state index contributed by atoms with van der Waals surface area (Å²) in [5.41, 5.74) is 8.54. The number of carbonyl (C=O) groups is 1. The smallest absolute Gasteiger partial charge is 0.337 e. The molecule has 0 aromatic heterocycles. The second kappa shape index (κ2) is 12.7. The van der Waals surface area contributed by atoms with Crippen LogP contribution in [-0.4, -0.2) is 56.3 Å². The zero-order valence-electron chi connectivity index (χ0n) is 19.2. The molecular formula is C25H34N4O3. The number of nitrogens with zero attached hydrogens (tertiary/aromatic N) is 1. The molecule has 1 aliphatic heterocycles. The van der Waals surface area contributed by atoms with Crippen molar-refractivity contribution in [3.05, 3.63) is 59.2 Å². The lowest BCUT2D eigenvalue weighted by Gasteiger charge is -2.33. The Labute approximate surface area is 190 Å². The molecule has 2 aromatic carbocycles. The van der Waals surface area contributed by atoms with Crippen LogP contribution in [0.3, 0.4) is 0 Å². The highest BCUT2D eigenvalue weighted by atomic mass is 16.5. The minimum absolute atomic E-state index is 0.150. The summed E-state index contributed by atoms with van der Waals surface area (Å²) in [6.07, 6.45) is 4.01. The third-order valence-corrected chi connectivity index (χ3v) is 5.44. The summed E-state index contributed by atoms with van der Waals surface area (Å²) in [5, 5.41) is 15.5. The fraction of sp³-hybridized carbons (Fsp3) is 0.400. The number of rotatable bonds is 7. The Kier molecular flexibility index (Phi) is 10.0. The number of methoxy groups -OCH3 is 1. The first-order valence-electron chi connectivity index (χ1n) is 10.9. The van der Waals surface area contributed by atoms with E-state index in [0.717, 1.165) is 54.6 Å². The molecule has 0 amide bonds. The van der Waals surface area contributed by atoms with Crippen molar-refractivity contribution in [1.29, 1.82) is 10.8 Å². The summed E-state index contributed by atoms with van der Waals surface area (Å²) in [4.78, 5) is 14.3. The van der Waals surface area contributed by atoms with E-state index in [0.29, 0.717) is 18.0 Å². The van der Waals surface area contributed by atoms with Crippen LogP contribution in [0, 0.1) is 10.8 Å². The number of hydrogen-bond acceptors (Lipinski definition) is 6. The first-order valence-corrected chi connectivity index (χ1v) is 10.9. The molecule has 3 rings (SSSR count). The summed E-state index contributed by atoms with van der Waals surface area (Å²) >= 11 is 0. The van der Waals surface area contributed by atoms with E-state index >= 15 is 0 Å². The summed E-state index contributed by atoms with van der Waals surface area (Å²) in [5.74, 6) is 0.309. The van der Waals surface area contributed by atoms with E-state index in [1.54, 1.807) is 0 Å². The molecule has 1 heterocycles. The highest BCUT2D eigenvalue weighted by Crippen LogP contribution is 2.25. The first-order chi connectivity index (χ1) is 15.5. The summed E-state index contributed by atoms with van der Waals surface area (Å²) < 4.78 is 11.1. The van der Waals surface area contributed by atoms with Gasteiger partial charge in [-0.15, -0.1) is 0 Å². The van der Waals surface area contributed by atoms with Gasteiger partial charge in [0.1, 0.15) is 0 Å². The molecule has 0 saturated carbocycles. The first kappa shape index (κ1) is 25.2. The number of ether oxygens (including phenoxy) is 2. The molecule has 172 valence electrons. The van der Waals surface area contributed by atoms with Gasteiger partial charge in [0.15, 0.2) is 0 Å². The molecule has 1 aliphatic rings. The largest absolute Gasteiger partial charge is 0.465 e. The standard InChI is InChI=1S/C24H29N3O3.CH5N/c1-3-23(26)27-9-7-22(8-10-27)30-16-18-12-20(14-21(13-18)24(28)29-2)19-6-4-5-17(11-19)15-25;1-2/h4-6,11-15,22,25-26H,3,7-10,16H2,1-2H3;2H2,1H3. The van der Waals surface area contributed by atoms with Crippen LogP contribution < -0.4 is 5.73 Å². The van der Waals surface area contributed by atoms with Crippen molar-refractivity contribution in [3.8, 4) is 11.1 Å². The van der Waals surface area contributed by atoms with Crippen LogP contribution >= 0.6 is 0 Å². The average Bonchev–Trinajstić information content (AvgIpc) is 2.87. The van der Waals surface area contributed by atoms with E-state index in [2.05, 4.69) is 10.6 Å². The fourth-order valence-corrected chi connectivity index (χ4v) is 3.72. The number of hydrogen-bond donors (Lipinski definition) is 3. The van der Waals surface area contributed by atoms with Gasteiger partial charge in [-0.3, -0.25) is 5.41 Å². The van der Waals surface area contributed by atoms with E-state index in [4.69, 9.17) is 20.3 Å². The quantitative estimate of drug-likeness (QED) is 0.342. The summed E-state index contributed by atoms with van der Waals surface area (Å²) in [6.45, 7) is 4.12. The third-order valence-electron chi connectivity index (χ3n) is 5.44. The van der Waals surface area contributed by atoms with E-state index in [1.165, 1.54) is 20.4 Å². The van der Waals surface area contributed by atoms with Crippen LogP contribution in [0.5, 0.6) is 0 Å². The molecule has 32 heavy (non-hydrogen) atoms. The molecule has 7 heteroatoms. The monoisotopic (exact) mass is 438 g/mol. The number of piperidine rings is 1. The molecule has 0 aliphatic carbocycles. The van der Waals surface area contributed by atoms with Crippen molar-refractivity contribution < 1.29 is 14.3 Å². The Morgan fingerprint density at radius 1 is 1.16 bits per heavy atom. The number of esters is 1. The van der Waals surface area contributed by atoms with Gasteiger partial charge in [-0.1, -0.05) is 25.1 Å². The molecular weight excluding hydrogens is 404 g/mol. The predicted molar refractivity (Wildman–Crippen MR) is 129 cm³/mol. The molecule has 1 saturated heterocycles. The number of amidine groups is 1. The van der Waals surface area contributed by atoms with Crippen LogP contribution in [0.15, 0.2) is 42.5 Å². The van der Waals surface area contributed by atoms with Gasteiger partial charge >= 0.3 is 5.97 Å². The van der Waals surface area contributed by atoms with E-state index in [1.807, 2.05) is 49.4 Å². The zero-order valence-corrected chi connectivity index (χ0v) is 19.2. The summed E-state index contributed by atoms with van der Waals surface area (Å²) in [6, 6.07) is 13.3. The molecule has 4 N–H and O–H groups in total. The number of benzene rings is 2. The van der Waals surface area contributed by atoms with Crippen LogP contribution in [0.4, 0.5) is 0 Å². The number of likely N-dealkylation sites (tertiary alicyclic amines) is 1. The maximum absolute atomic E-state index is 12.2. The summed E-state index contributed by atoms with van der Waals surface area (Å²) in [7, 11) is 2.88. The Balaban J connectivity index is 0.00000176. The van der Waals surface area contributed by atoms with Crippen molar-refractivity contribution in [1.82, 2.24) is 4.90 Å². The molecule has 0 atom stereocenters. The molecule has 0 bridgehead atoms. The minimum Gasteiger partial charge on any atom is -0.465 e. The Morgan fingerprint density at radius 3 is 2.50 bits per heavy atom. The van der Waals surface area contributed by atoms with Gasteiger partial charge in [-0.25, -0.2) is 4.79 Å². The Hall–Kier alpha value is -3.03. The number of nitrogens with one attached hydrogen (secondary N) is 2. The van der Waals surface area contributed by atoms with Gasteiger partial charge in [0.2, 0.25) is 0 Å². The van der Waals surface area contributed by atoms with Crippen LogP contribution in [0.1, 0.15) is 47.7 Å². The van der Waals surface area contributed by atoms with Crippen molar-refractivity contribution >= 4 is 18.0 Å². The van der Waals surface area contributed by atoms with Gasteiger partial charge in [-0.05, 0) is 66.4 Å². The molecule has 0 unspecified atom stereocenters. The normalized spacial score (nSPS) is 13.7. The van der Waals surface area contributed by atoms with E-state index in [-0.39, 0.29) is 12.1 Å². The SMILES string of the molecule is CCC(=N)N1CCC(OCc2cc(C(=O)OC)cc(-c3cccc(C=N)c3)c2)CC1.CN. The second-order valence-electron chi connectivity index (χ2n) is 7.48. The lowest BCUT2D eigenvalue weighted by atomic mass is 9.98. The van der Waals surface area contributed by atoms with E-state index in [9.17, 15) is 4.79 Å². The minimum atomic E-state index is -0.382. The average molecular weight is 439 g/mol. The van der Waals surface area contributed by atoms with Gasteiger partial charge in [0.05, 0.1) is 31.2 Å². The van der Waals surface area contributed by atoms with Gasteiger partial charge in [0, 0.05) is 25.7 Å². The van der Waals surface area contributed by atoms with Crippen molar-refractivity contribution in [2.45, 2.75) is 38.9 Å². The number of nitrogens with two attached hydrogens (primary N) is 1. The Bertz CT molecular complexity index is 921. The maximum atomic E-state index is 12.2. The van der Waals surface area contributed by atoms with Crippen molar-refractivity contribution in [2.75, 3.05) is 27.2 Å². The van der Waals surface area contributed by atoms with Crippen molar-refractivity contribution in [3.63, 3.8) is 0 Å².